The van der Waals surface area contributed by atoms with Crippen LogP contribution in [-0.2, 0) is 16.1 Å². The lowest BCUT2D eigenvalue weighted by Gasteiger charge is -2.36. The normalized spacial score (nSPS) is 18.5. The van der Waals surface area contributed by atoms with Crippen LogP contribution < -0.4 is 9.80 Å². The third-order valence-electron chi connectivity index (χ3n) is 6.45. The zero-order valence-electron chi connectivity index (χ0n) is 19.7. The van der Waals surface area contributed by atoms with Crippen LogP contribution in [0.3, 0.4) is 0 Å². The van der Waals surface area contributed by atoms with E-state index in [0.29, 0.717) is 57.1 Å². The second-order valence-corrected chi connectivity index (χ2v) is 8.91. The molecule has 2 saturated heterocycles. The SMILES string of the molecule is CCCCCCCC(=O)N1CCN(c2ccc(N3C[C@H](Cn4ccnn4)OC3=O)cc2F)CC1. The van der Waals surface area contributed by atoms with E-state index in [0.717, 1.165) is 12.8 Å². The third-order valence-corrected chi connectivity index (χ3v) is 6.45. The van der Waals surface area contributed by atoms with Gasteiger partial charge in [0.2, 0.25) is 5.91 Å². The molecule has 1 aromatic heterocycles. The van der Waals surface area contributed by atoms with E-state index in [9.17, 15) is 9.59 Å². The maximum Gasteiger partial charge on any atom is 0.414 e. The number of unbranched alkanes of at least 4 members (excludes halogenated alkanes) is 4. The molecule has 184 valence electrons. The Labute approximate surface area is 199 Å². The van der Waals surface area contributed by atoms with E-state index in [4.69, 9.17) is 4.74 Å². The highest BCUT2D eigenvalue weighted by Gasteiger charge is 2.33. The van der Waals surface area contributed by atoms with E-state index in [1.165, 1.54) is 30.2 Å². The number of anilines is 2. The van der Waals surface area contributed by atoms with Gasteiger partial charge >= 0.3 is 6.09 Å². The fourth-order valence-electron chi connectivity index (χ4n) is 4.52. The zero-order valence-corrected chi connectivity index (χ0v) is 19.7. The van der Waals surface area contributed by atoms with E-state index in [-0.39, 0.29) is 17.8 Å². The second kappa shape index (κ2) is 11.3. The van der Waals surface area contributed by atoms with Crippen LogP contribution in [0.2, 0.25) is 0 Å². The van der Waals surface area contributed by atoms with E-state index in [2.05, 4.69) is 17.2 Å². The first-order valence-electron chi connectivity index (χ1n) is 12.2. The summed E-state index contributed by atoms with van der Waals surface area (Å²) >= 11 is 0. The fourth-order valence-corrected chi connectivity index (χ4v) is 4.52. The minimum absolute atomic E-state index is 0.194. The molecule has 4 rings (SSSR count). The lowest BCUT2D eigenvalue weighted by molar-refractivity contribution is -0.131. The average molecular weight is 473 g/mol. The van der Waals surface area contributed by atoms with Crippen molar-refractivity contribution in [3.05, 3.63) is 36.4 Å². The molecule has 0 aliphatic carbocycles. The van der Waals surface area contributed by atoms with Gasteiger partial charge in [0.25, 0.3) is 0 Å². The summed E-state index contributed by atoms with van der Waals surface area (Å²) in [7, 11) is 0. The predicted octanol–water partition coefficient (Wildman–Crippen LogP) is 3.45. The van der Waals surface area contributed by atoms with Crippen LogP contribution in [-0.4, -0.2) is 70.7 Å². The van der Waals surface area contributed by atoms with E-state index in [1.807, 2.05) is 9.80 Å². The lowest BCUT2D eigenvalue weighted by atomic mass is 10.1. The minimum Gasteiger partial charge on any atom is -0.442 e. The Balaban J connectivity index is 1.28. The van der Waals surface area contributed by atoms with Gasteiger partial charge in [0, 0.05) is 38.8 Å². The standard InChI is InChI=1S/C24H33FN6O3/c1-2-3-4-5-6-7-23(32)29-14-12-28(13-15-29)22-9-8-19(16-21(22)25)31-18-20(34-24(31)33)17-30-11-10-26-27-30/h8-11,16,20H,2-7,12-15,17-18H2,1H3/t20-/m0/s1. The summed E-state index contributed by atoms with van der Waals surface area (Å²) in [6.45, 7) is 5.25. The number of carbonyl (C=O) groups excluding carboxylic acids is 2. The number of cyclic esters (lactones) is 1. The molecule has 0 N–H and O–H groups in total. The van der Waals surface area contributed by atoms with Crippen molar-refractivity contribution in [2.45, 2.75) is 58.1 Å². The quantitative estimate of drug-likeness (QED) is 0.493. The molecular weight excluding hydrogens is 439 g/mol. The number of piperazine rings is 1. The molecule has 2 aliphatic rings. The number of hydrogen-bond acceptors (Lipinski definition) is 6. The maximum absolute atomic E-state index is 15.0. The maximum atomic E-state index is 15.0. The van der Waals surface area contributed by atoms with Gasteiger partial charge < -0.3 is 14.5 Å². The molecule has 0 saturated carbocycles. The molecule has 1 atom stereocenters. The highest BCUT2D eigenvalue weighted by molar-refractivity contribution is 5.90. The number of benzene rings is 1. The average Bonchev–Trinajstić information content (AvgIpc) is 3.48. The topological polar surface area (TPSA) is 83.8 Å². The van der Waals surface area contributed by atoms with Crippen molar-refractivity contribution in [2.75, 3.05) is 42.5 Å². The predicted molar refractivity (Wildman–Crippen MR) is 126 cm³/mol. The molecule has 1 aromatic carbocycles. The molecule has 2 aromatic rings. The molecule has 2 amide bonds. The van der Waals surface area contributed by atoms with Crippen molar-refractivity contribution in [3.8, 4) is 0 Å². The Morgan fingerprint density at radius 3 is 2.65 bits per heavy atom. The first-order valence-corrected chi connectivity index (χ1v) is 12.2. The van der Waals surface area contributed by atoms with Gasteiger partial charge in [-0.25, -0.2) is 13.9 Å². The van der Waals surface area contributed by atoms with Crippen LogP contribution >= 0.6 is 0 Å². The van der Waals surface area contributed by atoms with Crippen molar-refractivity contribution in [2.24, 2.45) is 0 Å². The summed E-state index contributed by atoms with van der Waals surface area (Å²) in [5.41, 5.74) is 0.950. The minimum atomic E-state index is -0.501. The summed E-state index contributed by atoms with van der Waals surface area (Å²) in [5.74, 6) is -0.194. The molecule has 0 radical (unpaired) electrons. The fraction of sp³-hybridized carbons (Fsp3) is 0.583. The van der Waals surface area contributed by atoms with Gasteiger partial charge in [-0.15, -0.1) is 5.10 Å². The number of amides is 2. The number of rotatable bonds is 10. The monoisotopic (exact) mass is 472 g/mol. The molecule has 34 heavy (non-hydrogen) atoms. The first-order chi connectivity index (χ1) is 16.5. The van der Waals surface area contributed by atoms with Crippen molar-refractivity contribution >= 4 is 23.4 Å². The molecule has 3 heterocycles. The molecule has 0 bridgehead atoms. The largest absolute Gasteiger partial charge is 0.442 e. The van der Waals surface area contributed by atoms with Gasteiger partial charge in [-0.1, -0.05) is 37.8 Å². The van der Waals surface area contributed by atoms with Gasteiger partial charge in [-0.2, -0.15) is 0 Å². The third kappa shape index (κ3) is 5.84. The van der Waals surface area contributed by atoms with Crippen LogP contribution in [0.1, 0.15) is 45.4 Å². The van der Waals surface area contributed by atoms with Gasteiger partial charge in [0.1, 0.15) is 11.9 Å². The summed E-state index contributed by atoms with van der Waals surface area (Å²) in [4.78, 5) is 30.1. The molecule has 2 aliphatic heterocycles. The Bertz CT molecular complexity index is 962. The molecule has 2 fully saturated rings. The van der Waals surface area contributed by atoms with Crippen LogP contribution in [0.5, 0.6) is 0 Å². The second-order valence-electron chi connectivity index (χ2n) is 8.91. The van der Waals surface area contributed by atoms with Crippen molar-refractivity contribution < 1.29 is 18.7 Å². The Morgan fingerprint density at radius 2 is 1.94 bits per heavy atom. The summed E-state index contributed by atoms with van der Waals surface area (Å²) in [5, 5.41) is 7.63. The smallest absolute Gasteiger partial charge is 0.414 e. The van der Waals surface area contributed by atoms with Crippen LogP contribution in [0.25, 0.3) is 0 Å². The number of ether oxygens (including phenoxy) is 1. The summed E-state index contributed by atoms with van der Waals surface area (Å²) in [6, 6.07) is 4.82. The molecule has 0 unspecified atom stereocenters. The van der Waals surface area contributed by atoms with E-state index < -0.39 is 6.09 Å². The van der Waals surface area contributed by atoms with Gasteiger partial charge in [-0.3, -0.25) is 9.69 Å². The van der Waals surface area contributed by atoms with Gasteiger partial charge in [-0.05, 0) is 24.6 Å². The summed E-state index contributed by atoms with van der Waals surface area (Å²) < 4.78 is 22.0. The molecule has 10 heteroatoms. The van der Waals surface area contributed by atoms with Crippen LogP contribution in [0.4, 0.5) is 20.6 Å². The number of carbonyl (C=O) groups is 2. The van der Waals surface area contributed by atoms with E-state index in [1.54, 1.807) is 29.2 Å². The highest BCUT2D eigenvalue weighted by Crippen LogP contribution is 2.29. The first kappa shape index (κ1) is 24.0. The van der Waals surface area contributed by atoms with Crippen molar-refractivity contribution in [3.63, 3.8) is 0 Å². The molecular formula is C24H33FN6O3. The Morgan fingerprint density at radius 1 is 1.15 bits per heavy atom. The van der Waals surface area contributed by atoms with Gasteiger partial charge in [0.15, 0.2) is 0 Å². The number of nitrogens with zero attached hydrogens (tertiary/aromatic N) is 6. The number of aromatic nitrogens is 3. The number of hydrogen-bond donors (Lipinski definition) is 0. The van der Waals surface area contributed by atoms with Crippen molar-refractivity contribution in [1.29, 1.82) is 0 Å². The van der Waals surface area contributed by atoms with Crippen LogP contribution in [0, 0.1) is 5.82 Å². The zero-order chi connectivity index (χ0) is 23.9. The Hall–Kier alpha value is -3.17. The van der Waals surface area contributed by atoms with Gasteiger partial charge in [0.05, 0.1) is 30.7 Å². The Kier molecular flexibility index (Phi) is 7.97. The lowest BCUT2D eigenvalue weighted by Crippen LogP contribution is -2.49. The molecule has 0 spiro atoms. The van der Waals surface area contributed by atoms with E-state index >= 15 is 4.39 Å². The number of halogens is 1. The molecule has 9 nitrogen and oxygen atoms in total. The van der Waals surface area contributed by atoms with Crippen LogP contribution in [0.15, 0.2) is 30.6 Å². The highest BCUT2D eigenvalue weighted by atomic mass is 19.1. The summed E-state index contributed by atoms with van der Waals surface area (Å²) in [6.07, 6.45) is 8.62. The van der Waals surface area contributed by atoms with Crippen molar-refractivity contribution in [1.82, 2.24) is 19.9 Å².